The topological polar surface area (TPSA) is 82.7 Å². The summed E-state index contributed by atoms with van der Waals surface area (Å²) in [6.07, 6.45) is 6.83. The first-order valence-corrected chi connectivity index (χ1v) is 7.63. The van der Waals surface area contributed by atoms with E-state index in [9.17, 15) is 9.90 Å². The third-order valence-corrected chi connectivity index (χ3v) is 4.57. The minimum Gasteiger partial charge on any atom is -0.478 e. The van der Waals surface area contributed by atoms with E-state index in [1.807, 2.05) is 0 Å². The maximum Gasteiger partial charge on any atom is 0.339 e. The number of nitrogen functional groups attached to an aromatic ring is 1. The van der Waals surface area contributed by atoms with Gasteiger partial charge in [-0.15, -0.1) is 0 Å². The Balaban J connectivity index is 1.70. The zero-order valence-corrected chi connectivity index (χ0v) is 12.2. The number of piperazine rings is 1. The molecule has 114 valence electrons. The van der Waals surface area contributed by atoms with Gasteiger partial charge >= 0.3 is 5.97 Å². The van der Waals surface area contributed by atoms with Gasteiger partial charge in [0.2, 0.25) is 0 Å². The van der Waals surface area contributed by atoms with Crippen LogP contribution in [0.4, 0.5) is 11.5 Å². The maximum atomic E-state index is 11.4. The van der Waals surface area contributed by atoms with Crippen LogP contribution < -0.4 is 10.6 Å². The summed E-state index contributed by atoms with van der Waals surface area (Å²) in [6.45, 7) is 3.62. The Morgan fingerprint density at radius 2 is 1.90 bits per heavy atom. The lowest BCUT2D eigenvalue weighted by atomic mass is 10.1. The average molecular weight is 290 g/mol. The Labute approximate surface area is 124 Å². The first kappa shape index (κ1) is 14.1. The zero-order chi connectivity index (χ0) is 14.8. The predicted molar refractivity (Wildman–Crippen MR) is 81.7 cm³/mol. The van der Waals surface area contributed by atoms with Crippen molar-refractivity contribution in [2.45, 2.75) is 31.7 Å². The molecule has 2 fully saturated rings. The van der Waals surface area contributed by atoms with Gasteiger partial charge in [-0.25, -0.2) is 9.78 Å². The molecule has 1 aromatic rings. The summed E-state index contributed by atoms with van der Waals surface area (Å²) in [6, 6.07) is 2.22. The third-order valence-electron chi connectivity index (χ3n) is 4.57. The fraction of sp³-hybridized carbons (Fsp3) is 0.600. The number of nitrogens with two attached hydrogens (primary N) is 1. The molecule has 3 N–H and O–H groups in total. The molecule has 3 rings (SSSR count). The van der Waals surface area contributed by atoms with Gasteiger partial charge in [-0.05, 0) is 18.9 Å². The summed E-state index contributed by atoms with van der Waals surface area (Å²) in [5, 5.41) is 9.31. The molecule has 1 aliphatic heterocycles. The summed E-state index contributed by atoms with van der Waals surface area (Å²) in [4.78, 5) is 20.2. The van der Waals surface area contributed by atoms with Gasteiger partial charge in [0.25, 0.3) is 0 Å². The van der Waals surface area contributed by atoms with E-state index >= 15 is 0 Å². The number of aromatic nitrogens is 1. The van der Waals surface area contributed by atoms with E-state index in [2.05, 4.69) is 14.8 Å². The van der Waals surface area contributed by atoms with Crippen molar-refractivity contribution in [1.29, 1.82) is 0 Å². The Kier molecular flexibility index (Phi) is 3.96. The van der Waals surface area contributed by atoms with E-state index in [1.54, 1.807) is 0 Å². The van der Waals surface area contributed by atoms with Crippen LogP contribution in [0.2, 0.25) is 0 Å². The number of hydrogen-bond acceptors (Lipinski definition) is 5. The number of nitrogens with zero attached hydrogens (tertiary/aromatic N) is 3. The van der Waals surface area contributed by atoms with Gasteiger partial charge in [0, 0.05) is 32.2 Å². The molecule has 21 heavy (non-hydrogen) atoms. The van der Waals surface area contributed by atoms with E-state index in [-0.39, 0.29) is 5.56 Å². The molecule has 1 saturated carbocycles. The molecular weight excluding hydrogens is 268 g/mol. The number of hydrogen-bond donors (Lipinski definition) is 2. The monoisotopic (exact) mass is 290 g/mol. The summed E-state index contributed by atoms with van der Waals surface area (Å²) in [5.74, 6) is -0.425. The van der Waals surface area contributed by atoms with Crippen molar-refractivity contribution in [3.63, 3.8) is 0 Å². The van der Waals surface area contributed by atoms with E-state index in [1.165, 1.54) is 37.9 Å². The second-order valence-corrected chi connectivity index (χ2v) is 5.91. The minimum atomic E-state index is -0.969. The van der Waals surface area contributed by atoms with Crippen molar-refractivity contribution in [3.05, 3.63) is 17.8 Å². The molecular formula is C15H22N4O2. The van der Waals surface area contributed by atoms with Crippen LogP contribution in [0, 0.1) is 0 Å². The Hall–Kier alpha value is -1.82. The number of pyridine rings is 1. The Morgan fingerprint density at radius 1 is 1.24 bits per heavy atom. The molecule has 0 spiro atoms. The van der Waals surface area contributed by atoms with Crippen LogP contribution in [0.5, 0.6) is 0 Å². The fourth-order valence-corrected chi connectivity index (χ4v) is 3.45. The highest BCUT2D eigenvalue weighted by atomic mass is 16.4. The third kappa shape index (κ3) is 2.95. The SMILES string of the molecule is Nc1cnc(N2CCN(C3CCCC3)CC2)c(C(=O)O)c1. The average Bonchev–Trinajstić information content (AvgIpc) is 3.01. The van der Waals surface area contributed by atoms with Gasteiger partial charge in [-0.1, -0.05) is 12.8 Å². The smallest absolute Gasteiger partial charge is 0.339 e. The van der Waals surface area contributed by atoms with Crippen LogP contribution in [-0.2, 0) is 0 Å². The molecule has 2 heterocycles. The number of rotatable bonds is 3. The molecule has 2 aliphatic rings. The highest BCUT2D eigenvalue weighted by Gasteiger charge is 2.28. The zero-order valence-electron chi connectivity index (χ0n) is 12.2. The quantitative estimate of drug-likeness (QED) is 0.876. The van der Waals surface area contributed by atoms with Gasteiger partial charge in [-0.2, -0.15) is 0 Å². The Bertz CT molecular complexity index is 520. The largest absolute Gasteiger partial charge is 0.478 e. The van der Waals surface area contributed by atoms with Crippen LogP contribution in [0.25, 0.3) is 0 Å². The lowest BCUT2D eigenvalue weighted by molar-refractivity contribution is 0.0697. The summed E-state index contributed by atoms with van der Waals surface area (Å²) < 4.78 is 0. The molecule has 1 saturated heterocycles. The summed E-state index contributed by atoms with van der Waals surface area (Å²) in [5.41, 5.74) is 6.24. The van der Waals surface area contributed by atoms with Crippen molar-refractivity contribution in [1.82, 2.24) is 9.88 Å². The highest BCUT2D eigenvalue weighted by molar-refractivity contribution is 5.94. The van der Waals surface area contributed by atoms with Crippen molar-refractivity contribution in [2.75, 3.05) is 36.8 Å². The molecule has 0 radical (unpaired) electrons. The van der Waals surface area contributed by atoms with Crippen molar-refractivity contribution in [3.8, 4) is 0 Å². The fourth-order valence-electron chi connectivity index (χ4n) is 3.45. The van der Waals surface area contributed by atoms with Gasteiger partial charge in [-0.3, -0.25) is 4.90 Å². The molecule has 0 atom stereocenters. The van der Waals surface area contributed by atoms with Crippen molar-refractivity contribution >= 4 is 17.5 Å². The van der Waals surface area contributed by atoms with Gasteiger partial charge in [0.1, 0.15) is 11.4 Å². The van der Waals surface area contributed by atoms with E-state index < -0.39 is 5.97 Å². The van der Waals surface area contributed by atoms with Crippen molar-refractivity contribution in [2.24, 2.45) is 0 Å². The lowest BCUT2D eigenvalue weighted by Gasteiger charge is -2.38. The highest BCUT2D eigenvalue weighted by Crippen LogP contribution is 2.26. The van der Waals surface area contributed by atoms with Crippen LogP contribution in [0.3, 0.4) is 0 Å². The normalized spacial score (nSPS) is 20.9. The number of carbonyl (C=O) groups is 1. The van der Waals surface area contributed by atoms with Crippen molar-refractivity contribution < 1.29 is 9.90 Å². The summed E-state index contributed by atoms with van der Waals surface area (Å²) >= 11 is 0. The summed E-state index contributed by atoms with van der Waals surface area (Å²) in [7, 11) is 0. The lowest BCUT2D eigenvalue weighted by Crippen LogP contribution is -2.50. The molecule has 1 aromatic heterocycles. The molecule has 6 heteroatoms. The molecule has 0 aromatic carbocycles. The van der Waals surface area contributed by atoms with E-state index in [0.29, 0.717) is 11.5 Å². The number of carboxylic acids is 1. The Morgan fingerprint density at radius 3 is 2.52 bits per heavy atom. The first-order valence-electron chi connectivity index (χ1n) is 7.63. The van der Waals surface area contributed by atoms with Gasteiger partial charge in [0.15, 0.2) is 0 Å². The predicted octanol–water partition coefficient (Wildman–Crippen LogP) is 1.43. The molecule has 1 aliphatic carbocycles. The number of aromatic carboxylic acids is 1. The second-order valence-electron chi connectivity index (χ2n) is 5.91. The minimum absolute atomic E-state index is 0.198. The first-order chi connectivity index (χ1) is 10.1. The van der Waals surface area contributed by atoms with Crippen LogP contribution in [0.15, 0.2) is 12.3 Å². The van der Waals surface area contributed by atoms with Crippen LogP contribution in [-0.4, -0.2) is 53.2 Å². The molecule has 0 amide bonds. The molecule has 0 bridgehead atoms. The standard InChI is InChI=1S/C15H22N4O2/c16-11-9-13(15(20)21)14(17-10-11)19-7-5-18(6-8-19)12-3-1-2-4-12/h9-10,12H,1-8,16H2,(H,20,21). The van der Waals surface area contributed by atoms with Crippen LogP contribution in [0.1, 0.15) is 36.0 Å². The second kappa shape index (κ2) is 5.89. The molecule has 6 nitrogen and oxygen atoms in total. The molecule has 0 unspecified atom stereocenters. The number of carboxylic acid groups (broad SMARTS) is 1. The van der Waals surface area contributed by atoms with Gasteiger partial charge in [0.05, 0.1) is 11.9 Å². The maximum absolute atomic E-state index is 11.4. The van der Waals surface area contributed by atoms with Crippen LogP contribution >= 0.6 is 0 Å². The number of anilines is 2. The van der Waals surface area contributed by atoms with Gasteiger partial charge < -0.3 is 15.7 Å². The van der Waals surface area contributed by atoms with E-state index in [0.717, 1.165) is 32.2 Å². The van der Waals surface area contributed by atoms with E-state index in [4.69, 9.17) is 5.73 Å².